The van der Waals surface area contributed by atoms with Gasteiger partial charge >= 0.3 is 0 Å². The smallest absolute Gasteiger partial charge is 0.259 e. The van der Waals surface area contributed by atoms with E-state index in [1.54, 1.807) is 13.3 Å². The number of likely N-dealkylation sites (tertiary alicyclic amines) is 1. The minimum absolute atomic E-state index is 0.183. The van der Waals surface area contributed by atoms with Crippen LogP contribution in [0, 0.1) is 12.8 Å². The Kier molecular flexibility index (Phi) is 7.07. The number of hydrogen-bond acceptors (Lipinski definition) is 6. The van der Waals surface area contributed by atoms with Crippen LogP contribution < -0.4 is 10.1 Å². The number of aromatic nitrogens is 3. The topological polar surface area (TPSA) is 80.2 Å². The molecular formula is C25H29N5O2. The zero-order valence-electron chi connectivity index (χ0n) is 18.6. The fourth-order valence-electron chi connectivity index (χ4n) is 4.08. The molecule has 7 heteroatoms. The van der Waals surface area contributed by atoms with Crippen LogP contribution in [0.2, 0.25) is 0 Å². The molecule has 166 valence electrons. The summed E-state index contributed by atoms with van der Waals surface area (Å²) in [6.45, 7) is 4.80. The van der Waals surface area contributed by atoms with E-state index < -0.39 is 0 Å². The third kappa shape index (κ3) is 5.68. The molecule has 3 aromatic rings. The second kappa shape index (κ2) is 10.3. The molecule has 1 aromatic carbocycles. The second-order valence-corrected chi connectivity index (χ2v) is 8.20. The predicted octanol–water partition coefficient (Wildman–Crippen LogP) is 3.90. The average molecular weight is 432 g/mol. The van der Waals surface area contributed by atoms with Gasteiger partial charge in [0.2, 0.25) is 0 Å². The number of piperidine rings is 1. The number of nitrogens with zero attached hydrogens (tertiary/aromatic N) is 4. The first-order chi connectivity index (χ1) is 15.6. The summed E-state index contributed by atoms with van der Waals surface area (Å²) in [5.41, 5.74) is 3.19. The van der Waals surface area contributed by atoms with Crippen molar-refractivity contribution in [3.8, 4) is 5.75 Å². The van der Waals surface area contributed by atoms with E-state index in [4.69, 9.17) is 4.74 Å². The maximum absolute atomic E-state index is 13.0. The Hall–Kier alpha value is -3.32. The molecule has 0 unspecified atom stereocenters. The van der Waals surface area contributed by atoms with E-state index in [1.807, 2.05) is 49.5 Å². The van der Waals surface area contributed by atoms with E-state index in [-0.39, 0.29) is 5.91 Å². The molecule has 1 aliphatic heterocycles. The maximum Gasteiger partial charge on any atom is 0.259 e. The standard InChI is InChI=1S/C25H29N5O2/c1-18-27-16-23(25(31)29-20-6-8-22(32-2)9-7-20)24(28-18)15-19-10-13-30(14-11-19)17-21-5-3-4-12-26-21/h3-9,12,16,19H,10-11,13-15,17H2,1-2H3,(H,29,31). The number of carbonyl (C=O) groups is 1. The number of methoxy groups -OCH3 is 1. The minimum atomic E-state index is -0.183. The SMILES string of the molecule is COc1ccc(NC(=O)c2cnc(C)nc2CC2CCN(Cc3ccccn3)CC2)cc1. The van der Waals surface area contributed by atoms with E-state index in [0.29, 0.717) is 23.0 Å². The molecule has 0 bridgehead atoms. The molecule has 0 saturated carbocycles. The van der Waals surface area contributed by atoms with Crippen LogP contribution in [0.15, 0.2) is 54.9 Å². The van der Waals surface area contributed by atoms with Gasteiger partial charge in [-0.15, -0.1) is 0 Å². The summed E-state index contributed by atoms with van der Waals surface area (Å²) in [6, 6.07) is 13.3. The molecule has 0 aliphatic carbocycles. The Morgan fingerprint density at radius 1 is 1.12 bits per heavy atom. The Morgan fingerprint density at radius 2 is 1.91 bits per heavy atom. The number of carbonyl (C=O) groups excluding carboxylic acids is 1. The number of ether oxygens (including phenoxy) is 1. The van der Waals surface area contributed by atoms with Crippen molar-refractivity contribution in [3.05, 3.63) is 77.6 Å². The molecule has 1 amide bonds. The van der Waals surface area contributed by atoms with Crippen molar-refractivity contribution >= 4 is 11.6 Å². The largest absolute Gasteiger partial charge is 0.497 e. The zero-order valence-corrected chi connectivity index (χ0v) is 18.6. The first-order valence-electron chi connectivity index (χ1n) is 11.0. The molecule has 2 aromatic heterocycles. The summed E-state index contributed by atoms with van der Waals surface area (Å²) in [6.07, 6.45) is 6.43. The van der Waals surface area contributed by atoms with Crippen LogP contribution in [0.3, 0.4) is 0 Å². The lowest BCUT2D eigenvalue weighted by molar-refractivity contribution is 0.102. The molecule has 4 rings (SSSR count). The van der Waals surface area contributed by atoms with Crippen LogP contribution in [0.1, 0.15) is 40.4 Å². The highest BCUT2D eigenvalue weighted by molar-refractivity contribution is 6.04. The molecular weight excluding hydrogens is 402 g/mol. The number of amides is 1. The highest BCUT2D eigenvalue weighted by Crippen LogP contribution is 2.24. The number of aryl methyl sites for hydroxylation is 1. The van der Waals surface area contributed by atoms with E-state index in [2.05, 4.69) is 31.2 Å². The molecule has 0 atom stereocenters. The third-order valence-electron chi connectivity index (χ3n) is 5.88. The van der Waals surface area contributed by atoms with Crippen LogP contribution in [0.4, 0.5) is 5.69 Å². The summed E-state index contributed by atoms with van der Waals surface area (Å²) >= 11 is 0. The first kappa shape index (κ1) is 21.9. The molecule has 1 aliphatic rings. The van der Waals surface area contributed by atoms with Crippen molar-refractivity contribution in [1.82, 2.24) is 19.9 Å². The number of nitrogens with one attached hydrogen (secondary N) is 1. The van der Waals surface area contributed by atoms with Gasteiger partial charge < -0.3 is 10.1 Å². The van der Waals surface area contributed by atoms with E-state index >= 15 is 0 Å². The van der Waals surface area contributed by atoms with Crippen molar-refractivity contribution in [1.29, 1.82) is 0 Å². The van der Waals surface area contributed by atoms with Crippen molar-refractivity contribution in [2.75, 3.05) is 25.5 Å². The second-order valence-electron chi connectivity index (χ2n) is 8.20. The van der Waals surface area contributed by atoms with Crippen LogP contribution in [-0.2, 0) is 13.0 Å². The fourth-order valence-corrected chi connectivity index (χ4v) is 4.08. The monoisotopic (exact) mass is 431 g/mol. The summed E-state index contributed by atoms with van der Waals surface area (Å²) in [4.78, 5) is 28.7. The van der Waals surface area contributed by atoms with E-state index in [9.17, 15) is 4.79 Å². The van der Waals surface area contributed by atoms with Gasteiger partial charge in [-0.3, -0.25) is 14.7 Å². The van der Waals surface area contributed by atoms with Gasteiger partial charge in [-0.1, -0.05) is 6.07 Å². The third-order valence-corrected chi connectivity index (χ3v) is 5.88. The van der Waals surface area contributed by atoms with E-state index in [1.165, 1.54) is 0 Å². The van der Waals surface area contributed by atoms with Crippen molar-refractivity contribution in [2.24, 2.45) is 5.92 Å². The summed E-state index contributed by atoms with van der Waals surface area (Å²) in [5, 5.41) is 2.95. The van der Waals surface area contributed by atoms with Gasteiger partial charge in [0.05, 0.1) is 24.1 Å². The highest BCUT2D eigenvalue weighted by Gasteiger charge is 2.23. The molecule has 1 saturated heterocycles. The predicted molar refractivity (Wildman–Crippen MR) is 124 cm³/mol. The number of pyridine rings is 1. The number of rotatable bonds is 7. The molecule has 0 radical (unpaired) electrons. The van der Waals surface area contributed by atoms with Gasteiger partial charge in [0, 0.05) is 24.6 Å². The van der Waals surface area contributed by atoms with Crippen LogP contribution >= 0.6 is 0 Å². The van der Waals surface area contributed by atoms with Gasteiger partial charge in [-0.05, 0) is 81.6 Å². The van der Waals surface area contributed by atoms with Gasteiger partial charge in [0.15, 0.2) is 0 Å². The summed E-state index contributed by atoms with van der Waals surface area (Å²) in [5.74, 6) is 1.75. The maximum atomic E-state index is 13.0. The number of hydrogen-bond donors (Lipinski definition) is 1. The quantitative estimate of drug-likeness (QED) is 0.611. The molecule has 3 heterocycles. The van der Waals surface area contributed by atoms with Crippen LogP contribution in [0.5, 0.6) is 5.75 Å². The van der Waals surface area contributed by atoms with Gasteiger partial charge in [-0.25, -0.2) is 9.97 Å². The summed E-state index contributed by atoms with van der Waals surface area (Å²) < 4.78 is 5.18. The number of benzene rings is 1. The van der Waals surface area contributed by atoms with Crippen molar-refractivity contribution in [3.63, 3.8) is 0 Å². The normalized spacial score (nSPS) is 14.8. The van der Waals surface area contributed by atoms with Gasteiger partial charge in [-0.2, -0.15) is 0 Å². The Bertz CT molecular complexity index is 1030. The zero-order chi connectivity index (χ0) is 22.3. The Labute approximate surface area is 188 Å². The fraction of sp³-hybridized carbons (Fsp3) is 0.360. The van der Waals surface area contributed by atoms with Crippen molar-refractivity contribution in [2.45, 2.75) is 32.7 Å². The molecule has 7 nitrogen and oxygen atoms in total. The lowest BCUT2D eigenvalue weighted by atomic mass is 9.90. The van der Waals surface area contributed by atoms with Crippen LogP contribution in [-0.4, -0.2) is 46.0 Å². The van der Waals surface area contributed by atoms with Crippen molar-refractivity contribution < 1.29 is 9.53 Å². The number of anilines is 1. The molecule has 1 N–H and O–H groups in total. The van der Waals surface area contributed by atoms with Gasteiger partial charge in [0.25, 0.3) is 5.91 Å². The lowest BCUT2D eigenvalue weighted by Crippen LogP contribution is -2.34. The van der Waals surface area contributed by atoms with Gasteiger partial charge in [0.1, 0.15) is 11.6 Å². The first-order valence-corrected chi connectivity index (χ1v) is 11.0. The summed E-state index contributed by atoms with van der Waals surface area (Å²) in [7, 11) is 1.62. The van der Waals surface area contributed by atoms with E-state index in [0.717, 1.165) is 56.0 Å². The molecule has 0 spiro atoms. The Morgan fingerprint density at radius 3 is 2.59 bits per heavy atom. The Balaban J connectivity index is 1.38. The highest BCUT2D eigenvalue weighted by atomic mass is 16.5. The lowest BCUT2D eigenvalue weighted by Gasteiger charge is -2.31. The molecule has 32 heavy (non-hydrogen) atoms. The molecule has 1 fully saturated rings. The average Bonchev–Trinajstić information content (AvgIpc) is 2.81. The van der Waals surface area contributed by atoms with Crippen LogP contribution in [0.25, 0.3) is 0 Å². The minimum Gasteiger partial charge on any atom is -0.497 e.